The van der Waals surface area contributed by atoms with Crippen LogP contribution < -0.4 is 0 Å². The molecule has 0 saturated heterocycles. The Morgan fingerprint density at radius 2 is 0.667 bits per heavy atom. The fraction of sp³-hybridized carbons (Fsp3) is 0.444. The second-order valence-electron chi connectivity index (χ2n) is 6.16. The molecule has 2 aliphatic rings. The topological polar surface area (TPSA) is 0 Å². The Kier molecular flexibility index (Phi) is 1.87. The van der Waals surface area contributed by atoms with E-state index in [4.69, 9.17) is 0 Å². The van der Waals surface area contributed by atoms with Crippen molar-refractivity contribution >= 4 is 10.8 Å². The largest absolute Gasteiger partial charge is 0.0441 e. The summed E-state index contributed by atoms with van der Waals surface area (Å²) in [5.74, 6) is 0. The summed E-state index contributed by atoms with van der Waals surface area (Å²) in [7, 11) is 0. The van der Waals surface area contributed by atoms with E-state index in [2.05, 4.69) is 27.7 Å². The summed E-state index contributed by atoms with van der Waals surface area (Å²) < 4.78 is 0. The molecular weight excluding hydrogens is 216 g/mol. The molecule has 0 fully saturated rings. The molecule has 2 aliphatic carbocycles. The first-order valence-electron chi connectivity index (χ1n) is 7.16. The molecule has 0 bridgehead atoms. The van der Waals surface area contributed by atoms with Crippen LogP contribution in [0.1, 0.15) is 44.5 Å². The number of hydrogen-bond acceptors (Lipinski definition) is 0. The maximum absolute atomic E-state index is 2.34. The molecule has 0 unspecified atom stereocenters. The molecule has 0 amide bonds. The maximum Gasteiger partial charge on any atom is -0.0108 e. The Balaban J connectivity index is 2.35. The van der Waals surface area contributed by atoms with Gasteiger partial charge in [0.2, 0.25) is 0 Å². The Hall–Kier alpha value is -1.30. The van der Waals surface area contributed by atoms with Crippen LogP contribution in [0.15, 0.2) is 0 Å². The molecule has 0 aromatic heterocycles. The van der Waals surface area contributed by atoms with Crippen molar-refractivity contribution in [3.63, 3.8) is 0 Å². The van der Waals surface area contributed by atoms with Gasteiger partial charge in [0.15, 0.2) is 0 Å². The molecule has 4 rings (SSSR count). The smallest absolute Gasteiger partial charge is 0.0108 e. The lowest BCUT2D eigenvalue weighted by molar-refractivity contribution is 0.966. The van der Waals surface area contributed by atoms with E-state index < -0.39 is 0 Å². The van der Waals surface area contributed by atoms with E-state index >= 15 is 0 Å². The molecule has 2 aromatic rings. The van der Waals surface area contributed by atoms with Gasteiger partial charge in [0, 0.05) is 0 Å². The highest BCUT2D eigenvalue weighted by Gasteiger charge is 2.28. The average molecular weight is 236 g/mol. The van der Waals surface area contributed by atoms with Gasteiger partial charge in [-0.05, 0) is 109 Å². The third-order valence-corrected chi connectivity index (χ3v) is 5.64. The van der Waals surface area contributed by atoms with Gasteiger partial charge in [-0.2, -0.15) is 0 Å². The van der Waals surface area contributed by atoms with Crippen molar-refractivity contribution in [3.8, 4) is 0 Å². The summed E-state index contributed by atoms with van der Waals surface area (Å²) in [6, 6.07) is 0. The van der Waals surface area contributed by atoms with Crippen molar-refractivity contribution in [2.45, 2.75) is 53.4 Å². The van der Waals surface area contributed by atoms with Gasteiger partial charge in [-0.3, -0.25) is 0 Å². The van der Waals surface area contributed by atoms with Crippen LogP contribution in [0.5, 0.6) is 0 Å². The highest BCUT2D eigenvalue weighted by atomic mass is 14.3. The highest BCUT2D eigenvalue weighted by Crippen LogP contribution is 2.45. The van der Waals surface area contributed by atoms with E-state index in [9.17, 15) is 0 Å². The van der Waals surface area contributed by atoms with Gasteiger partial charge in [-0.1, -0.05) is 0 Å². The Bertz CT molecular complexity index is 596. The summed E-state index contributed by atoms with van der Waals surface area (Å²) in [6.45, 7) is 9.34. The zero-order chi connectivity index (χ0) is 12.6. The van der Waals surface area contributed by atoms with Crippen molar-refractivity contribution in [3.05, 3.63) is 44.5 Å². The highest BCUT2D eigenvalue weighted by molar-refractivity contribution is 6.00. The molecule has 0 saturated carbocycles. The van der Waals surface area contributed by atoms with Crippen LogP contribution in [0.3, 0.4) is 0 Å². The molecule has 0 heteroatoms. The quantitative estimate of drug-likeness (QED) is 0.641. The van der Waals surface area contributed by atoms with E-state index in [0.29, 0.717) is 0 Å². The van der Waals surface area contributed by atoms with E-state index in [1.807, 2.05) is 0 Å². The molecule has 0 radical (unpaired) electrons. The average Bonchev–Trinajstić information content (AvgIpc) is 2.96. The van der Waals surface area contributed by atoms with Crippen LogP contribution >= 0.6 is 0 Å². The first-order valence-corrected chi connectivity index (χ1v) is 7.16. The molecule has 0 spiro atoms. The normalized spacial score (nSPS) is 16.0. The molecule has 0 heterocycles. The SMILES string of the molecule is Cc1c(C)c2c3c(c(C)c(C)c4c3c1CC4)CC2. The standard InChI is InChI=1S/C18H20/c1-9-10(2)14-7-8-16-12(4)11(3)15-6-5-13(9)17(15)18(14)16/h5-8H2,1-4H3. The second kappa shape index (κ2) is 3.17. The molecule has 92 valence electrons. The number of rotatable bonds is 0. The Labute approximate surface area is 109 Å². The third kappa shape index (κ3) is 0.993. The van der Waals surface area contributed by atoms with Crippen LogP contribution in [-0.4, -0.2) is 0 Å². The maximum atomic E-state index is 2.34. The van der Waals surface area contributed by atoms with Gasteiger partial charge in [0.05, 0.1) is 0 Å². The second-order valence-corrected chi connectivity index (χ2v) is 6.16. The van der Waals surface area contributed by atoms with Crippen LogP contribution in [0, 0.1) is 27.7 Å². The molecule has 0 atom stereocenters. The van der Waals surface area contributed by atoms with Crippen molar-refractivity contribution < 1.29 is 0 Å². The minimum Gasteiger partial charge on any atom is -0.0441 e. The monoisotopic (exact) mass is 236 g/mol. The van der Waals surface area contributed by atoms with E-state index in [1.165, 1.54) is 25.7 Å². The van der Waals surface area contributed by atoms with E-state index in [1.54, 1.807) is 55.3 Å². The summed E-state index contributed by atoms with van der Waals surface area (Å²) in [5.41, 5.74) is 12.9. The van der Waals surface area contributed by atoms with Crippen LogP contribution in [0.25, 0.3) is 10.8 Å². The molecule has 0 aliphatic heterocycles. The minimum atomic E-state index is 1.27. The van der Waals surface area contributed by atoms with Gasteiger partial charge < -0.3 is 0 Å². The lowest BCUT2D eigenvalue weighted by Gasteiger charge is -2.16. The third-order valence-electron chi connectivity index (χ3n) is 5.64. The number of benzene rings is 2. The van der Waals surface area contributed by atoms with Gasteiger partial charge in [-0.15, -0.1) is 0 Å². The summed E-state index contributed by atoms with van der Waals surface area (Å²) in [6.07, 6.45) is 5.07. The molecule has 18 heavy (non-hydrogen) atoms. The molecule has 0 nitrogen and oxygen atoms in total. The van der Waals surface area contributed by atoms with Crippen molar-refractivity contribution in [2.75, 3.05) is 0 Å². The zero-order valence-electron chi connectivity index (χ0n) is 11.8. The Morgan fingerprint density at radius 1 is 0.444 bits per heavy atom. The fourth-order valence-corrected chi connectivity index (χ4v) is 4.37. The fourth-order valence-electron chi connectivity index (χ4n) is 4.37. The van der Waals surface area contributed by atoms with Crippen molar-refractivity contribution in [1.82, 2.24) is 0 Å². The predicted molar refractivity (Wildman–Crippen MR) is 77.7 cm³/mol. The Morgan fingerprint density at radius 3 is 0.889 bits per heavy atom. The predicted octanol–water partition coefficient (Wildman–Crippen LogP) is 4.27. The van der Waals surface area contributed by atoms with Gasteiger partial charge >= 0.3 is 0 Å². The van der Waals surface area contributed by atoms with E-state index in [-0.39, 0.29) is 0 Å². The van der Waals surface area contributed by atoms with Crippen molar-refractivity contribution in [2.24, 2.45) is 0 Å². The van der Waals surface area contributed by atoms with Crippen LogP contribution in [0.4, 0.5) is 0 Å². The molecule has 2 aromatic carbocycles. The van der Waals surface area contributed by atoms with Crippen LogP contribution in [0.2, 0.25) is 0 Å². The van der Waals surface area contributed by atoms with Crippen molar-refractivity contribution in [1.29, 1.82) is 0 Å². The first-order chi connectivity index (χ1) is 8.61. The lowest BCUT2D eigenvalue weighted by Crippen LogP contribution is -1.96. The van der Waals surface area contributed by atoms with Gasteiger partial charge in [0.25, 0.3) is 0 Å². The first kappa shape index (κ1) is 10.6. The minimum absolute atomic E-state index is 1.27. The summed E-state index contributed by atoms with van der Waals surface area (Å²) in [4.78, 5) is 0. The summed E-state index contributed by atoms with van der Waals surface area (Å²) in [5, 5.41) is 3.31. The summed E-state index contributed by atoms with van der Waals surface area (Å²) >= 11 is 0. The number of aryl methyl sites for hydroxylation is 4. The number of hydrogen-bond donors (Lipinski definition) is 0. The van der Waals surface area contributed by atoms with Crippen LogP contribution in [-0.2, 0) is 25.7 Å². The zero-order valence-corrected chi connectivity index (χ0v) is 11.8. The van der Waals surface area contributed by atoms with Gasteiger partial charge in [-0.25, -0.2) is 0 Å². The van der Waals surface area contributed by atoms with E-state index in [0.717, 1.165) is 0 Å². The molecular formula is C18H20. The molecule has 0 N–H and O–H groups in total. The lowest BCUT2D eigenvalue weighted by atomic mass is 9.88. The van der Waals surface area contributed by atoms with Gasteiger partial charge in [0.1, 0.15) is 0 Å².